The molecule has 1 saturated carbocycles. The summed E-state index contributed by atoms with van der Waals surface area (Å²) in [4.78, 5) is 15.1. The number of hydrogen-bond donors (Lipinski definition) is 2. The maximum absolute atomic E-state index is 11.0. The van der Waals surface area contributed by atoms with E-state index in [-0.39, 0.29) is 11.8 Å². The first kappa shape index (κ1) is 11.5. The van der Waals surface area contributed by atoms with Crippen molar-refractivity contribution in [1.82, 2.24) is 10.3 Å². The molecule has 0 aromatic carbocycles. The van der Waals surface area contributed by atoms with Crippen LogP contribution in [-0.2, 0) is 11.3 Å². The standard InChI is InChI=1S/C11H16N2O2S/c14-11(15)9-3-1-2-8(9)6-12-7-10-13-4-5-16-10/h4-5,8-9,12H,1-3,6-7H2,(H,14,15). The van der Waals surface area contributed by atoms with E-state index in [1.54, 1.807) is 17.5 Å². The van der Waals surface area contributed by atoms with E-state index in [1.165, 1.54) is 0 Å². The van der Waals surface area contributed by atoms with E-state index in [9.17, 15) is 4.79 Å². The van der Waals surface area contributed by atoms with Crippen molar-refractivity contribution in [3.8, 4) is 0 Å². The molecule has 1 aliphatic rings. The van der Waals surface area contributed by atoms with Crippen LogP contribution in [-0.4, -0.2) is 22.6 Å². The van der Waals surface area contributed by atoms with Crippen LogP contribution in [0, 0.1) is 11.8 Å². The molecule has 0 bridgehead atoms. The van der Waals surface area contributed by atoms with Crippen molar-refractivity contribution in [3.05, 3.63) is 16.6 Å². The largest absolute Gasteiger partial charge is 0.481 e. The number of carboxylic acids is 1. The molecule has 2 N–H and O–H groups in total. The number of nitrogens with one attached hydrogen (secondary N) is 1. The fourth-order valence-corrected chi connectivity index (χ4v) is 2.90. The molecule has 16 heavy (non-hydrogen) atoms. The van der Waals surface area contributed by atoms with Crippen molar-refractivity contribution in [3.63, 3.8) is 0 Å². The summed E-state index contributed by atoms with van der Waals surface area (Å²) in [5.74, 6) is -0.500. The first-order valence-corrected chi connectivity index (χ1v) is 6.47. The van der Waals surface area contributed by atoms with Crippen LogP contribution < -0.4 is 5.32 Å². The summed E-state index contributed by atoms with van der Waals surface area (Å²) < 4.78 is 0. The first-order chi connectivity index (χ1) is 7.77. The third kappa shape index (κ3) is 2.80. The van der Waals surface area contributed by atoms with Crippen LogP contribution in [0.2, 0.25) is 0 Å². The SMILES string of the molecule is O=C(O)C1CCCC1CNCc1nccs1. The quantitative estimate of drug-likeness (QED) is 0.823. The van der Waals surface area contributed by atoms with E-state index in [2.05, 4.69) is 10.3 Å². The molecule has 0 aliphatic heterocycles. The smallest absolute Gasteiger partial charge is 0.306 e. The average molecular weight is 240 g/mol. The van der Waals surface area contributed by atoms with Crippen molar-refractivity contribution in [2.24, 2.45) is 11.8 Å². The number of carboxylic acid groups (broad SMARTS) is 1. The summed E-state index contributed by atoms with van der Waals surface area (Å²) in [5, 5.41) is 15.3. The van der Waals surface area contributed by atoms with Gasteiger partial charge in [-0.2, -0.15) is 0 Å². The maximum Gasteiger partial charge on any atom is 0.306 e. The number of hydrogen-bond acceptors (Lipinski definition) is 4. The minimum Gasteiger partial charge on any atom is -0.481 e. The molecule has 1 aromatic heterocycles. The Morgan fingerprint density at radius 3 is 3.19 bits per heavy atom. The number of nitrogens with zero attached hydrogens (tertiary/aromatic N) is 1. The van der Waals surface area contributed by atoms with Crippen molar-refractivity contribution >= 4 is 17.3 Å². The van der Waals surface area contributed by atoms with Gasteiger partial charge in [-0.15, -0.1) is 11.3 Å². The van der Waals surface area contributed by atoms with E-state index in [4.69, 9.17) is 5.11 Å². The average Bonchev–Trinajstić information content (AvgIpc) is 2.87. The molecule has 5 heteroatoms. The molecule has 1 heterocycles. The number of aliphatic carboxylic acids is 1. The van der Waals surface area contributed by atoms with Crippen LogP contribution in [0.3, 0.4) is 0 Å². The molecule has 2 rings (SSSR count). The van der Waals surface area contributed by atoms with Crippen LogP contribution in [0.5, 0.6) is 0 Å². The van der Waals surface area contributed by atoms with E-state index in [0.717, 1.165) is 37.4 Å². The van der Waals surface area contributed by atoms with Gasteiger partial charge >= 0.3 is 5.97 Å². The van der Waals surface area contributed by atoms with Gasteiger partial charge in [0.15, 0.2) is 0 Å². The second kappa shape index (κ2) is 5.41. The summed E-state index contributed by atoms with van der Waals surface area (Å²) in [6.45, 7) is 1.54. The summed E-state index contributed by atoms with van der Waals surface area (Å²) in [6.07, 6.45) is 4.69. The van der Waals surface area contributed by atoms with Crippen molar-refractivity contribution in [1.29, 1.82) is 0 Å². The van der Waals surface area contributed by atoms with Crippen molar-refractivity contribution in [2.45, 2.75) is 25.8 Å². The lowest BCUT2D eigenvalue weighted by Gasteiger charge is -2.15. The molecular formula is C11H16N2O2S. The molecule has 1 fully saturated rings. The van der Waals surface area contributed by atoms with Gasteiger partial charge in [0, 0.05) is 18.1 Å². The molecule has 0 spiro atoms. The van der Waals surface area contributed by atoms with Gasteiger partial charge in [-0.3, -0.25) is 4.79 Å². The fourth-order valence-electron chi connectivity index (χ4n) is 2.31. The van der Waals surface area contributed by atoms with Crippen LogP contribution in [0.15, 0.2) is 11.6 Å². The zero-order valence-electron chi connectivity index (χ0n) is 9.06. The Morgan fingerprint density at radius 1 is 1.62 bits per heavy atom. The summed E-state index contributed by atoms with van der Waals surface area (Å²) in [7, 11) is 0. The lowest BCUT2D eigenvalue weighted by Crippen LogP contribution is -2.28. The zero-order chi connectivity index (χ0) is 11.4. The third-order valence-corrected chi connectivity index (χ3v) is 3.92. The fraction of sp³-hybridized carbons (Fsp3) is 0.636. The Labute approximate surface area is 98.7 Å². The second-order valence-corrected chi connectivity index (χ2v) is 5.17. The number of thiazole rings is 1. The molecule has 2 atom stereocenters. The van der Waals surface area contributed by atoms with Crippen LogP contribution in [0.1, 0.15) is 24.3 Å². The minimum atomic E-state index is -0.640. The summed E-state index contributed by atoms with van der Waals surface area (Å²) in [6, 6.07) is 0. The summed E-state index contributed by atoms with van der Waals surface area (Å²) >= 11 is 1.62. The second-order valence-electron chi connectivity index (χ2n) is 4.19. The van der Waals surface area contributed by atoms with Gasteiger partial charge < -0.3 is 10.4 Å². The van der Waals surface area contributed by atoms with Gasteiger partial charge in [0.05, 0.1) is 5.92 Å². The molecule has 88 valence electrons. The molecule has 0 radical (unpaired) electrons. The Bertz CT molecular complexity index is 340. The highest BCUT2D eigenvalue weighted by Gasteiger charge is 2.32. The monoisotopic (exact) mass is 240 g/mol. The number of aromatic nitrogens is 1. The Kier molecular flexibility index (Phi) is 3.90. The molecular weight excluding hydrogens is 224 g/mol. The molecule has 2 unspecified atom stereocenters. The predicted molar refractivity (Wildman–Crippen MR) is 62.3 cm³/mol. The van der Waals surface area contributed by atoms with Crippen molar-refractivity contribution < 1.29 is 9.90 Å². The van der Waals surface area contributed by atoms with Crippen LogP contribution in [0.25, 0.3) is 0 Å². The van der Waals surface area contributed by atoms with Crippen molar-refractivity contribution in [2.75, 3.05) is 6.54 Å². The van der Waals surface area contributed by atoms with Gasteiger partial charge in [-0.1, -0.05) is 6.42 Å². The molecule has 1 aromatic rings. The molecule has 0 amide bonds. The maximum atomic E-state index is 11.0. The van der Waals surface area contributed by atoms with Gasteiger partial charge in [0.25, 0.3) is 0 Å². The highest BCUT2D eigenvalue weighted by atomic mass is 32.1. The predicted octanol–water partition coefficient (Wildman–Crippen LogP) is 1.73. The Hall–Kier alpha value is -0.940. The van der Waals surface area contributed by atoms with Gasteiger partial charge in [-0.05, 0) is 25.3 Å². The van der Waals surface area contributed by atoms with Crippen LogP contribution in [0.4, 0.5) is 0 Å². The van der Waals surface area contributed by atoms with Crippen LogP contribution >= 0.6 is 11.3 Å². The normalized spacial score (nSPS) is 24.8. The Morgan fingerprint density at radius 2 is 2.50 bits per heavy atom. The van der Waals surface area contributed by atoms with Gasteiger partial charge in [-0.25, -0.2) is 4.98 Å². The Balaban J connectivity index is 1.75. The highest BCUT2D eigenvalue weighted by Crippen LogP contribution is 2.31. The lowest BCUT2D eigenvalue weighted by atomic mass is 9.96. The van der Waals surface area contributed by atoms with Gasteiger partial charge in [0.2, 0.25) is 0 Å². The number of rotatable bonds is 5. The molecule has 0 saturated heterocycles. The van der Waals surface area contributed by atoms with E-state index in [1.807, 2.05) is 5.38 Å². The first-order valence-electron chi connectivity index (χ1n) is 5.59. The van der Waals surface area contributed by atoms with E-state index >= 15 is 0 Å². The topological polar surface area (TPSA) is 62.2 Å². The number of carbonyl (C=O) groups is 1. The molecule has 4 nitrogen and oxygen atoms in total. The highest BCUT2D eigenvalue weighted by molar-refractivity contribution is 7.09. The lowest BCUT2D eigenvalue weighted by molar-refractivity contribution is -0.142. The minimum absolute atomic E-state index is 0.149. The molecule has 1 aliphatic carbocycles. The third-order valence-electron chi connectivity index (χ3n) is 3.14. The van der Waals surface area contributed by atoms with E-state index in [0.29, 0.717) is 0 Å². The summed E-state index contributed by atoms with van der Waals surface area (Å²) in [5.41, 5.74) is 0. The zero-order valence-corrected chi connectivity index (χ0v) is 9.87. The van der Waals surface area contributed by atoms with Gasteiger partial charge in [0.1, 0.15) is 5.01 Å². The van der Waals surface area contributed by atoms with E-state index < -0.39 is 5.97 Å².